The quantitative estimate of drug-likeness (QED) is 0.841. The number of benzene rings is 1. The van der Waals surface area contributed by atoms with E-state index in [1.807, 2.05) is 18.2 Å². The molecule has 1 heterocycles. The van der Waals surface area contributed by atoms with Gasteiger partial charge in [0.25, 0.3) is 0 Å². The summed E-state index contributed by atoms with van der Waals surface area (Å²) in [5.41, 5.74) is 0.811. The Kier molecular flexibility index (Phi) is 3.15. The molecule has 0 bridgehead atoms. The van der Waals surface area contributed by atoms with Crippen LogP contribution in [0.1, 0.15) is 50.7 Å². The van der Waals surface area contributed by atoms with E-state index in [1.165, 1.54) is 12.8 Å². The maximum atomic E-state index is 10.4. The second-order valence-corrected chi connectivity index (χ2v) is 6.48. The molecule has 2 unspecified atom stereocenters. The lowest BCUT2D eigenvalue weighted by Gasteiger charge is -2.42. The highest BCUT2D eigenvalue weighted by molar-refractivity contribution is 9.10. The predicted octanol–water partition coefficient (Wildman–Crippen LogP) is 4.21. The zero-order valence-corrected chi connectivity index (χ0v) is 12.2. The summed E-state index contributed by atoms with van der Waals surface area (Å²) < 4.78 is 7.33. The van der Waals surface area contributed by atoms with Gasteiger partial charge in [-0.05, 0) is 49.8 Å². The summed E-state index contributed by atoms with van der Waals surface area (Å²) in [6.45, 7) is 2.23. The Balaban J connectivity index is 1.98. The van der Waals surface area contributed by atoms with Gasteiger partial charge in [-0.3, -0.25) is 0 Å². The standard InChI is InChI=1S/C15H19BrO2/c1-2-10-4-3-7-15(10)9-13(17)12-8-11(16)5-6-14(12)18-15/h5-6,8,10,13,17H,2-4,7,9H2,1H3/t10?,13-,15?/m0/s1. The highest BCUT2D eigenvalue weighted by Crippen LogP contribution is 2.51. The highest BCUT2D eigenvalue weighted by Gasteiger charge is 2.48. The Labute approximate surface area is 116 Å². The number of ether oxygens (including phenoxy) is 1. The van der Waals surface area contributed by atoms with E-state index in [0.29, 0.717) is 5.92 Å². The summed E-state index contributed by atoms with van der Waals surface area (Å²) in [5.74, 6) is 1.46. The summed E-state index contributed by atoms with van der Waals surface area (Å²) in [6.07, 6.45) is 5.02. The number of hydrogen-bond acceptors (Lipinski definition) is 2. The molecule has 0 radical (unpaired) electrons. The van der Waals surface area contributed by atoms with Gasteiger partial charge >= 0.3 is 0 Å². The molecule has 1 N–H and O–H groups in total. The Bertz CT molecular complexity index is 460. The number of aliphatic hydroxyl groups excluding tert-OH is 1. The monoisotopic (exact) mass is 310 g/mol. The first-order valence-electron chi connectivity index (χ1n) is 6.81. The van der Waals surface area contributed by atoms with Crippen molar-refractivity contribution in [3.63, 3.8) is 0 Å². The molecule has 3 heteroatoms. The zero-order chi connectivity index (χ0) is 12.8. The Morgan fingerprint density at radius 3 is 3.11 bits per heavy atom. The number of hydrogen-bond donors (Lipinski definition) is 1. The molecule has 0 amide bonds. The second-order valence-electron chi connectivity index (χ2n) is 5.57. The molecule has 3 atom stereocenters. The van der Waals surface area contributed by atoms with Gasteiger partial charge in [0.2, 0.25) is 0 Å². The molecule has 18 heavy (non-hydrogen) atoms. The molecular formula is C15H19BrO2. The van der Waals surface area contributed by atoms with Gasteiger partial charge in [-0.1, -0.05) is 22.9 Å². The Morgan fingerprint density at radius 2 is 2.33 bits per heavy atom. The van der Waals surface area contributed by atoms with E-state index >= 15 is 0 Å². The van der Waals surface area contributed by atoms with E-state index in [1.54, 1.807) is 0 Å². The fourth-order valence-electron chi connectivity index (χ4n) is 3.66. The molecule has 0 saturated heterocycles. The number of halogens is 1. The van der Waals surface area contributed by atoms with Crippen molar-refractivity contribution in [2.24, 2.45) is 5.92 Å². The summed E-state index contributed by atoms with van der Waals surface area (Å²) in [7, 11) is 0. The van der Waals surface area contributed by atoms with Crippen LogP contribution in [0.4, 0.5) is 0 Å². The van der Waals surface area contributed by atoms with Crippen molar-refractivity contribution in [2.45, 2.75) is 50.7 Å². The van der Waals surface area contributed by atoms with Crippen molar-refractivity contribution in [1.29, 1.82) is 0 Å². The minimum Gasteiger partial charge on any atom is -0.486 e. The topological polar surface area (TPSA) is 29.5 Å². The molecule has 3 rings (SSSR count). The molecule has 1 saturated carbocycles. The van der Waals surface area contributed by atoms with Crippen LogP contribution in [-0.4, -0.2) is 10.7 Å². The lowest BCUT2D eigenvalue weighted by Crippen LogP contribution is -2.44. The molecule has 1 aliphatic carbocycles. The first kappa shape index (κ1) is 12.5. The van der Waals surface area contributed by atoms with E-state index < -0.39 is 6.10 Å². The molecule has 0 aromatic heterocycles. The summed E-state index contributed by atoms with van der Waals surface area (Å²) in [6, 6.07) is 5.94. The highest BCUT2D eigenvalue weighted by atomic mass is 79.9. The first-order chi connectivity index (χ1) is 8.64. The van der Waals surface area contributed by atoms with Gasteiger partial charge in [-0.25, -0.2) is 0 Å². The maximum absolute atomic E-state index is 10.4. The average Bonchev–Trinajstić information content (AvgIpc) is 2.72. The van der Waals surface area contributed by atoms with E-state index in [-0.39, 0.29) is 5.60 Å². The molecule has 1 spiro atoms. The average molecular weight is 311 g/mol. The molecule has 98 valence electrons. The predicted molar refractivity (Wildman–Crippen MR) is 74.7 cm³/mol. The smallest absolute Gasteiger partial charge is 0.126 e. The fourth-order valence-corrected chi connectivity index (χ4v) is 4.04. The molecule has 1 aliphatic heterocycles. The van der Waals surface area contributed by atoms with Gasteiger partial charge in [-0.2, -0.15) is 0 Å². The van der Waals surface area contributed by atoms with Crippen molar-refractivity contribution in [3.8, 4) is 5.75 Å². The van der Waals surface area contributed by atoms with Crippen molar-refractivity contribution in [2.75, 3.05) is 0 Å². The summed E-state index contributed by atoms with van der Waals surface area (Å²) in [4.78, 5) is 0. The van der Waals surface area contributed by atoms with Crippen LogP contribution < -0.4 is 4.74 Å². The molecular weight excluding hydrogens is 292 g/mol. The van der Waals surface area contributed by atoms with Crippen LogP contribution in [0.2, 0.25) is 0 Å². The van der Waals surface area contributed by atoms with Gasteiger partial charge in [0.1, 0.15) is 11.4 Å². The second kappa shape index (κ2) is 4.53. The van der Waals surface area contributed by atoms with E-state index in [0.717, 1.165) is 35.0 Å². The minimum absolute atomic E-state index is 0.116. The van der Waals surface area contributed by atoms with Gasteiger partial charge in [-0.15, -0.1) is 0 Å². The van der Waals surface area contributed by atoms with Crippen LogP contribution >= 0.6 is 15.9 Å². The third-order valence-corrected chi connectivity index (χ3v) is 5.07. The number of rotatable bonds is 1. The SMILES string of the molecule is CCC1CCCC12C[C@H](O)c1cc(Br)ccc1O2. The van der Waals surface area contributed by atoms with Gasteiger partial charge in [0.05, 0.1) is 6.10 Å². The third kappa shape index (κ3) is 1.88. The first-order valence-corrected chi connectivity index (χ1v) is 7.60. The van der Waals surface area contributed by atoms with Crippen molar-refractivity contribution < 1.29 is 9.84 Å². The third-order valence-electron chi connectivity index (χ3n) is 4.57. The summed E-state index contributed by atoms with van der Waals surface area (Å²) in [5, 5.41) is 10.4. The van der Waals surface area contributed by atoms with Gasteiger partial charge in [0, 0.05) is 16.5 Å². The molecule has 1 aromatic rings. The van der Waals surface area contributed by atoms with Crippen LogP contribution in [0.15, 0.2) is 22.7 Å². The molecule has 1 aromatic carbocycles. The minimum atomic E-state index is -0.390. The maximum Gasteiger partial charge on any atom is 0.126 e. The molecule has 2 aliphatic rings. The van der Waals surface area contributed by atoms with E-state index in [2.05, 4.69) is 22.9 Å². The number of fused-ring (bicyclic) bond motifs is 1. The lowest BCUT2D eigenvalue weighted by molar-refractivity contribution is -0.0411. The van der Waals surface area contributed by atoms with Crippen LogP contribution in [0.25, 0.3) is 0 Å². The fraction of sp³-hybridized carbons (Fsp3) is 0.600. The van der Waals surface area contributed by atoms with Gasteiger partial charge < -0.3 is 9.84 Å². The zero-order valence-electron chi connectivity index (χ0n) is 10.7. The van der Waals surface area contributed by atoms with Crippen LogP contribution in [0.3, 0.4) is 0 Å². The number of aliphatic hydroxyl groups is 1. The van der Waals surface area contributed by atoms with E-state index in [9.17, 15) is 5.11 Å². The van der Waals surface area contributed by atoms with Crippen LogP contribution in [-0.2, 0) is 0 Å². The van der Waals surface area contributed by atoms with Crippen molar-refractivity contribution in [3.05, 3.63) is 28.2 Å². The summed E-state index contributed by atoms with van der Waals surface area (Å²) >= 11 is 3.45. The van der Waals surface area contributed by atoms with Crippen molar-refractivity contribution >= 4 is 15.9 Å². The Morgan fingerprint density at radius 1 is 1.50 bits per heavy atom. The van der Waals surface area contributed by atoms with Crippen LogP contribution in [0.5, 0.6) is 5.75 Å². The van der Waals surface area contributed by atoms with Crippen molar-refractivity contribution in [1.82, 2.24) is 0 Å². The van der Waals surface area contributed by atoms with Gasteiger partial charge in [0.15, 0.2) is 0 Å². The normalized spacial score (nSPS) is 34.4. The Hall–Kier alpha value is -0.540. The molecule has 2 nitrogen and oxygen atoms in total. The van der Waals surface area contributed by atoms with E-state index in [4.69, 9.17) is 4.74 Å². The van der Waals surface area contributed by atoms with Crippen LogP contribution in [0, 0.1) is 5.92 Å². The molecule has 1 fully saturated rings. The lowest BCUT2D eigenvalue weighted by atomic mass is 9.80. The largest absolute Gasteiger partial charge is 0.486 e.